The second-order valence-corrected chi connectivity index (χ2v) is 10.4. The smallest absolute Gasteiger partial charge is 0.0974 e. The van der Waals surface area contributed by atoms with E-state index in [0.717, 1.165) is 38.6 Å². The van der Waals surface area contributed by atoms with Crippen LogP contribution >= 0.6 is 0 Å². The molecular weight excluding hydrogens is 484 g/mol. The van der Waals surface area contributed by atoms with Crippen LogP contribution in [0.5, 0.6) is 0 Å². The fourth-order valence-electron chi connectivity index (χ4n) is 5.65. The maximum Gasteiger partial charge on any atom is 0.0974 e. The Labute approximate surface area is 234 Å². The molecule has 2 nitrogen and oxygen atoms in total. The average molecular weight is 513 g/mol. The maximum absolute atomic E-state index is 5.18. The zero-order valence-electron chi connectivity index (χ0n) is 22.6. The Morgan fingerprint density at radius 3 is 1.57 bits per heavy atom. The molecule has 0 unspecified atom stereocenters. The molecule has 0 bridgehead atoms. The lowest BCUT2D eigenvalue weighted by Gasteiger charge is -2.13. The van der Waals surface area contributed by atoms with Crippen LogP contribution in [0.1, 0.15) is 11.1 Å². The molecule has 7 rings (SSSR count). The molecule has 0 atom stereocenters. The fourth-order valence-corrected chi connectivity index (χ4v) is 5.65. The van der Waals surface area contributed by atoms with Gasteiger partial charge in [-0.25, -0.2) is 4.98 Å². The van der Waals surface area contributed by atoms with Gasteiger partial charge in [0.25, 0.3) is 0 Å². The standard InChI is InChI=1S/C38H28N2/c1-25-26(2)35-18-19-36(40-38(35)37-34(25)17-10-20-39-37)30-16-9-15-29(21-30)33-23-31(27-11-5-3-6-12-27)22-32(24-33)28-13-7-4-8-14-28/h3-24H,1-2H3. The molecule has 190 valence electrons. The van der Waals surface area contributed by atoms with Crippen molar-refractivity contribution in [3.8, 4) is 44.6 Å². The molecule has 0 aliphatic heterocycles. The van der Waals surface area contributed by atoms with Gasteiger partial charge in [-0.3, -0.25) is 4.98 Å². The van der Waals surface area contributed by atoms with E-state index in [0.29, 0.717) is 0 Å². The van der Waals surface area contributed by atoms with E-state index in [1.807, 2.05) is 12.3 Å². The molecule has 0 spiro atoms. The van der Waals surface area contributed by atoms with Gasteiger partial charge in [0.2, 0.25) is 0 Å². The van der Waals surface area contributed by atoms with Crippen molar-refractivity contribution in [1.82, 2.24) is 9.97 Å². The number of aryl methyl sites for hydroxylation is 2. The molecule has 0 radical (unpaired) electrons. The molecular formula is C38H28N2. The van der Waals surface area contributed by atoms with Gasteiger partial charge in [-0.15, -0.1) is 0 Å². The van der Waals surface area contributed by atoms with Crippen molar-refractivity contribution in [3.05, 3.63) is 145 Å². The minimum atomic E-state index is 0.951. The van der Waals surface area contributed by atoms with Crippen molar-refractivity contribution in [3.63, 3.8) is 0 Å². The van der Waals surface area contributed by atoms with E-state index in [1.165, 1.54) is 38.9 Å². The highest BCUT2D eigenvalue weighted by atomic mass is 14.8. The number of rotatable bonds is 4. The summed E-state index contributed by atoms with van der Waals surface area (Å²) in [6, 6.07) is 45.3. The highest BCUT2D eigenvalue weighted by molar-refractivity contribution is 6.07. The molecule has 0 saturated carbocycles. The molecule has 0 aliphatic rings. The molecule has 40 heavy (non-hydrogen) atoms. The van der Waals surface area contributed by atoms with Crippen molar-refractivity contribution >= 4 is 21.8 Å². The van der Waals surface area contributed by atoms with E-state index in [2.05, 4.69) is 135 Å². The van der Waals surface area contributed by atoms with Gasteiger partial charge in [0.15, 0.2) is 0 Å². The molecule has 0 amide bonds. The summed E-state index contributed by atoms with van der Waals surface area (Å²) < 4.78 is 0. The fraction of sp³-hybridized carbons (Fsp3) is 0.0526. The first-order chi connectivity index (χ1) is 19.7. The van der Waals surface area contributed by atoms with Gasteiger partial charge >= 0.3 is 0 Å². The normalized spacial score (nSPS) is 11.2. The van der Waals surface area contributed by atoms with Gasteiger partial charge in [0.1, 0.15) is 0 Å². The van der Waals surface area contributed by atoms with Crippen LogP contribution in [0.2, 0.25) is 0 Å². The number of nitrogens with zero attached hydrogens (tertiary/aromatic N) is 2. The molecule has 2 heteroatoms. The Morgan fingerprint density at radius 1 is 0.400 bits per heavy atom. The molecule has 0 fully saturated rings. The zero-order chi connectivity index (χ0) is 27.1. The molecule has 0 N–H and O–H groups in total. The Morgan fingerprint density at radius 2 is 0.925 bits per heavy atom. The molecule has 7 aromatic rings. The van der Waals surface area contributed by atoms with Crippen LogP contribution in [0.15, 0.2) is 134 Å². The second-order valence-electron chi connectivity index (χ2n) is 10.4. The lowest BCUT2D eigenvalue weighted by Crippen LogP contribution is -1.94. The van der Waals surface area contributed by atoms with Gasteiger partial charge < -0.3 is 0 Å². The molecule has 0 saturated heterocycles. The lowest BCUT2D eigenvalue weighted by molar-refractivity contribution is 1.33. The third-order valence-electron chi connectivity index (χ3n) is 7.94. The molecule has 5 aromatic carbocycles. The monoisotopic (exact) mass is 512 g/mol. The summed E-state index contributed by atoms with van der Waals surface area (Å²) >= 11 is 0. The van der Waals surface area contributed by atoms with E-state index in [9.17, 15) is 0 Å². The first-order valence-corrected chi connectivity index (χ1v) is 13.7. The molecule has 2 heterocycles. The molecule has 2 aromatic heterocycles. The minimum absolute atomic E-state index is 0.951. The Bertz CT molecular complexity index is 1950. The number of fused-ring (bicyclic) bond motifs is 3. The number of benzene rings is 5. The van der Waals surface area contributed by atoms with Crippen LogP contribution in [-0.4, -0.2) is 9.97 Å². The SMILES string of the molecule is Cc1c(C)c2ccc(-c3cccc(-c4cc(-c5ccccc5)cc(-c5ccccc5)c4)c3)nc2c2ncccc12. The van der Waals surface area contributed by atoms with E-state index in [-0.39, 0.29) is 0 Å². The summed E-state index contributed by atoms with van der Waals surface area (Å²) in [7, 11) is 0. The van der Waals surface area contributed by atoms with Crippen LogP contribution in [0.4, 0.5) is 0 Å². The predicted molar refractivity (Wildman–Crippen MR) is 168 cm³/mol. The van der Waals surface area contributed by atoms with Crippen LogP contribution in [-0.2, 0) is 0 Å². The average Bonchev–Trinajstić information content (AvgIpc) is 3.04. The van der Waals surface area contributed by atoms with Gasteiger partial charge in [-0.05, 0) is 94.8 Å². The number of pyridine rings is 2. The quantitative estimate of drug-likeness (QED) is 0.219. The minimum Gasteiger partial charge on any atom is -0.254 e. The van der Waals surface area contributed by atoms with Crippen LogP contribution < -0.4 is 0 Å². The Hall–Kier alpha value is -5.08. The van der Waals surface area contributed by atoms with Crippen LogP contribution in [0.3, 0.4) is 0 Å². The third kappa shape index (κ3) is 4.24. The van der Waals surface area contributed by atoms with Crippen LogP contribution in [0, 0.1) is 13.8 Å². The summed E-state index contributed by atoms with van der Waals surface area (Å²) in [4.78, 5) is 9.90. The summed E-state index contributed by atoms with van der Waals surface area (Å²) in [6.07, 6.45) is 1.86. The highest BCUT2D eigenvalue weighted by Crippen LogP contribution is 2.35. The van der Waals surface area contributed by atoms with E-state index in [1.54, 1.807) is 0 Å². The lowest BCUT2D eigenvalue weighted by atomic mass is 9.92. The number of hydrogen-bond acceptors (Lipinski definition) is 2. The number of hydrogen-bond donors (Lipinski definition) is 0. The largest absolute Gasteiger partial charge is 0.254 e. The topological polar surface area (TPSA) is 25.8 Å². The summed E-state index contributed by atoms with van der Waals surface area (Å²) in [5, 5.41) is 2.32. The van der Waals surface area contributed by atoms with Gasteiger partial charge in [-0.1, -0.05) is 91.0 Å². The van der Waals surface area contributed by atoms with E-state index < -0.39 is 0 Å². The third-order valence-corrected chi connectivity index (χ3v) is 7.94. The summed E-state index contributed by atoms with van der Waals surface area (Å²) in [6.45, 7) is 4.35. The highest BCUT2D eigenvalue weighted by Gasteiger charge is 2.13. The van der Waals surface area contributed by atoms with Crippen molar-refractivity contribution < 1.29 is 0 Å². The molecule has 0 aliphatic carbocycles. The summed E-state index contributed by atoms with van der Waals surface area (Å²) in [5.74, 6) is 0. The maximum atomic E-state index is 5.18. The van der Waals surface area contributed by atoms with Crippen molar-refractivity contribution in [2.75, 3.05) is 0 Å². The Kier molecular flexibility index (Phi) is 5.94. The van der Waals surface area contributed by atoms with Crippen molar-refractivity contribution in [2.24, 2.45) is 0 Å². The van der Waals surface area contributed by atoms with Crippen LogP contribution in [0.25, 0.3) is 66.4 Å². The van der Waals surface area contributed by atoms with E-state index >= 15 is 0 Å². The Balaban J connectivity index is 1.38. The zero-order valence-corrected chi connectivity index (χ0v) is 22.6. The van der Waals surface area contributed by atoms with Crippen molar-refractivity contribution in [1.29, 1.82) is 0 Å². The predicted octanol–water partition coefficient (Wildman–Crippen LogP) is 10.1. The number of aromatic nitrogens is 2. The van der Waals surface area contributed by atoms with Gasteiger partial charge in [0, 0.05) is 22.5 Å². The van der Waals surface area contributed by atoms with Gasteiger partial charge in [0.05, 0.1) is 16.7 Å². The van der Waals surface area contributed by atoms with Crippen molar-refractivity contribution in [2.45, 2.75) is 13.8 Å². The summed E-state index contributed by atoms with van der Waals surface area (Å²) in [5.41, 5.74) is 13.6. The first kappa shape index (κ1) is 24.0. The van der Waals surface area contributed by atoms with Gasteiger partial charge in [-0.2, -0.15) is 0 Å². The first-order valence-electron chi connectivity index (χ1n) is 13.7. The second kappa shape index (κ2) is 9.91. The van der Waals surface area contributed by atoms with E-state index in [4.69, 9.17) is 9.97 Å².